The molecule has 5 heteroatoms. The third kappa shape index (κ3) is 6.52. The quantitative estimate of drug-likeness (QED) is 0.646. The van der Waals surface area contributed by atoms with Crippen molar-refractivity contribution in [2.45, 2.75) is 33.1 Å². The van der Waals surface area contributed by atoms with Crippen LogP contribution in [0.3, 0.4) is 0 Å². The Balaban J connectivity index is 2.18. The molecule has 1 aromatic rings. The van der Waals surface area contributed by atoms with E-state index in [0.29, 0.717) is 18.7 Å². The molecule has 2 N–H and O–H groups in total. The van der Waals surface area contributed by atoms with Crippen molar-refractivity contribution in [1.29, 1.82) is 0 Å². The highest BCUT2D eigenvalue weighted by Crippen LogP contribution is 2.04. The van der Waals surface area contributed by atoms with Gasteiger partial charge in [-0.2, -0.15) is 0 Å². The van der Waals surface area contributed by atoms with Crippen LogP contribution in [0.5, 0.6) is 0 Å². The highest BCUT2D eigenvalue weighted by Gasteiger charge is 2.05. The van der Waals surface area contributed by atoms with Gasteiger partial charge in [-0.1, -0.05) is 13.3 Å². The van der Waals surface area contributed by atoms with E-state index in [0.717, 1.165) is 38.2 Å². The molecule has 0 atom stereocenters. The van der Waals surface area contributed by atoms with Crippen LogP contribution in [0.1, 0.15) is 43.5 Å². The maximum absolute atomic E-state index is 11.8. The number of unbranched alkanes of at least 4 members (excludes halogenated alkanes) is 1. The van der Waals surface area contributed by atoms with E-state index in [1.54, 1.807) is 12.3 Å². The van der Waals surface area contributed by atoms with Crippen molar-refractivity contribution < 1.29 is 9.53 Å². The first-order valence-corrected chi connectivity index (χ1v) is 7.33. The van der Waals surface area contributed by atoms with E-state index in [9.17, 15) is 4.79 Å². The van der Waals surface area contributed by atoms with Crippen molar-refractivity contribution in [3.63, 3.8) is 0 Å². The number of hydrogen-bond acceptors (Lipinski definition) is 4. The lowest BCUT2D eigenvalue weighted by Gasteiger charge is -2.07. The van der Waals surface area contributed by atoms with Gasteiger partial charge in [0.05, 0.1) is 5.56 Å². The summed E-state index contributed by atoms with van der Waals surface area (Å²) in [5.41, 5.74) is 0.582. The number of carbonyl (C=O) groups excluding carboxylic acids is 1. The molecular formula is C15H25N3O2. The highest BCUT2D eigenvalue weighted by atomic mass is 16.5. The third-order valence-electron chi connectivity index (χ3n) is 2.78. The van der Waals surface area contributed by atoms with Gasteiger partial charge >= 0.3 is 0 Å². The van der Waals surface area contributed by atoms with E-state index in [-0.39, 0.29) is 5.91 Å². The van der Waals surface area contributed by atoms with Crippen molar-refractivity contribution in [1.82, 2.24) is 10.3 Å². The van der Waals surface area contributed by atoms with E-state index in [1.165, 1.54) is 0 Å². The third-order valence-corrected chi connectivity index (χ3v) is 2.78. The number of rotatable bonds is 10. The predicted octanol–water partition coefficient (Wildman–Crippen LogP) is 2.45. The monoisotopic (exact) mass is 279 g/mol. The van der Waals surface area contributed by atoms with E-state index in [1.807, 2.05) is 13.0 Å². The zero-order valence-electron chi connectivity index (χ0n) is 12.4. The van der Waals surface area contributed by atoms with E-state index >= 15 is 0 Å². The molecule has 0 saturated carbocycles. The number of nitrogens with one attached hydrogen (secondary N) is 2. The molecule has 112 valence electrons. The normalized spacial score (nSPS) is 10.3. The second kappa shape index (κ2) is 10.2. The Morgan fingerprint density at radius 3 is 2.70 bits per heavy atom. The van der Waals surface area contributed by atoms with Crippen LogP contribution in [0, 0.1) is 0 Å². The summed E-state index contributed by atoms with van der Waals surface area (Å²) in [5, 5.41) is 5.95. The van der Waals surface area contributed by atoms with Crippen LogP contribution in [0.25, 0.3) is 0 Å². The summed E-state index contributed by atoms with van der Waals surface area (Å²) in [5.74, 6) is 0.697. The molecule has 0 aliphatic rings. The Hall–Kier alpha value is -1.62. The number of nitrogens with zero attached hydrogens (tertiary/aromatic N) is 1. The SMILES string of the molecule is CCCCOCCCNC(=O)c1ccc(NCC)nc1. The Morgan fingerprint density at radius 1 is 1.25 bits per heavy atom. The van der Waals surface area contributed by atoms with Crippen molar-refractivity contribution >= 4 is 11.7 Å². The molecule has 0 bridgehead atoms. The number of carbonyl (C=O) groups is 1. The minimum atomic E-state index is -0.0888. The zero-order chi connectivity index (χ0) is 14.6. The van der Waals surface area contributed by atoms with Crippen molar-refractivity contribution in [2.75, 3.05) is 31.6 Å². The van der Waals surface area contributed by atoms with E-state index in [4.69, 9.17) is 4.74 Å². The number of anilines is 1. The highest BCUT2D eigenvalue weighted by molar-refractivity contribution is 5.93. The average molecular weight is 279 g/mol. The molecule has 1 rings (SSSR count). The lowest BCUT2D eigenvalue weighted by Crippen LogP contribution is -2.25. The maximum Gasteiger partial charge on any atom is 0.252 e. The second-order valence-corrected chi connectivity index (χ2v) is 4.54. The molecule has 5 nitrogen and oxygen atoms in total. The minimum absolute atomic E-state index is 0.0888. The predicted molar refractivity (Wildman–Crippen MR) is 81.1 cm³/mol. The van der Waals surface area contributed by atoms with Gasteiger partial charge in [0.15, 0.2) is 0 Å². The fraction of sp³-hybridized carbons (Fsp3) is 0.600. The average Bonchev–Trinajstić information content (AvgIpc) is 2.47. The van der Waals surface area contributed by atoms with Crippen LogP contribution >= 0.6 is 0 Å². The summed E-state index contributed by atoms with van der Waals surface area (Å²) in [6.45, 7) is 7.08. The van der Waals surface area contributed by atoms with Gasteiger partial charge in [-0.05, 0) is 31.9 Å². The van der Waals surface area contributed by atoms with Gasteiger partial charge in [0.25, 0.3) is 5.91 Å². The van der Waals surface area contributed by atoms with Crippen LogP contribution in [-0.2, 0) is 4.74 Å². The largest absolute Gasteiger partial charge is 0.381 e. The van der Waals surface area contributed by atoms with Crippen LogP contribution in [0.4, 0.5) is 5.82 Å². The number of hydrogen-bond donors (Lipinski definition) is 2. The molecule has 1 aromatic heterocycles. The fourth-order valence-corrected chi connectivity index (χ4v) is 1.64. The number of aromatic nitrogens is 1. The molecule has 0 aliphatic carbocycles. The first-order valence-electron chi connectivity index (χ1n) is 7.33. The molecule has 0 radical (unpaired) electrons. The molecule has 0 saturated heterocycles. The summed E-state index contributed by atoms with van der Waals surface area (Å²) < 4.78 is 5.43. The van der Waals surface area contributed by atoms with Gasteiger partial charge < -0.3 is 15.4 Å². The zero-order valence-corrected chi connectivity index (χ0v) is 12.4. The van der Waals surface area contributed by atoms with Crippen LogP contribution < -0.4 is 10.6 Å². The Labute approximate surface area is 121 Å². The standard InChI is InChI=1S/C15H25N3O2/c1-3-5-10-20-11-6-9-17-15(19)13-7-8-14(16-4-2)18-12-13/h7-8,12H,3-6,9-11H2,1-2H3,(H,16,18)(H,17,19). The molecule has 1 amide bonds. The molecule has 1 heterocycles. The Bertz CT molecular complexity index is 379. The van der Waals surface area contributed by atoms with Crippen LogP contribution in [0.15, 0.2) is 18.3 Å². The van der Waals surface area contributed by atoms with Gasteiger partial charge in [0.1, 0.15) is 5.82 Å². The summed E-state index contributed by atoms with van der Waals surface area (Å²) in [7, 11) is 0. The molecule has 0 aromatic carbocycles. The molecule has 20 heavy (non-hydrogen) atoms. The van der Waals surface area contributed by atoms with Crippen molar-refractivity contribution in [3.8, 4) is 0 Å². The van der Waals surface area contributed by atoms with E-state index < -0.39 is 0 Å². The number of ether oxygens (including phenoxy) is 1. The first kappa shape index (κ1) is 16.4. The van der Waals surface area contributed by atoms with Gasteiger partial charge in [-0.15, -0.1) is 0 Å². The summed E-state index contributed by atoms with van der Waals surface area (Å²) in [4.78, 5) is 16.0. The van der Waals surface area contributed by atoms with Crippen LogP contribution in [-0.4, -0.2) is 37.2 Å². The van der Waals surface area contributed by atoms with Gasteiger partial charge in [-0.25, -0.2) is 4.98 Å². The topological polar surface area (TPSA) is 63.2 Å². The van der Waals surface area contributed by atoms with Gasteiger partial charge in [-0.3, -0.25) is 4.79 Å². The van der Waals surface area contributed by atoms with Crippen molar-refractivity contribution in [2.24, 2.45) is 0 Å². The molecule has 0 unspecified atom stereocenters. The van der Waals surface area contributed by atoms with Crippen molar-refractivity contribution in [3.05, 3.63) is 23.9 Å². The van der Waals surface area contributed by atoms with E-state index in [2.05, 4.69) is 22.5 Å². The van der Waals surface area contributed by atoms with Crippen LogP contribution in [0.2, 0.25) is 0 Å². The second-order valence-electron chi connectivity index (χ2n) is 4.54. The van der Waals surface area contributed by atoms with Gasteiger partial charge in [0.2, 0.25) is 0 Å². The first-order chi connectivity index (χ1) is 9.77. The summed E-state index contributed by atoms with van der Waals surface area (Å²) in [6, 6.07) is 3.59. The lowest BCUT2D eigenvalue weighted by atomic mass is 10.2. The summed E-state index contributed by atoms with van der Waals surface area (Å²) in [6.07, 6.45) is 4.66. The minimum Gasteiger partial charge on any atom is -0.381 e. The number of pyridine rings is 1. The Kier molecular flexibility index (Phi) is 8.38. The summed E-state index contributed by atoms with van der Waals surface area (Å²) >= 11 is 0. The maximum atomic E-state index is 11.8. The molecule has 0 spiro atoms. The lowest BCUT2D eigenvalue weighted by molar-refractivity contribution is 0.0940. The molecule has 0 aliphatic heterocycles. The smallest absolute Gasteiger partial charge is 0.252 e. The molecule has 0 fully saturated rings. The van der Waals surface area contributed by atoms with Gasteiger partial charge in [0, 0.05) is 32.5 Å². The fourth-order valence-electron chi connectivity index (χ4n) is 1.64. The molecular weight excluding hydrogens is 254 g/mol. The Morgan fingerprint density at radius 2 is 2.05 bits per heavy atom. The number of amides is 1.